The lowest BCUT2D eigenvalue weighted by atomic mass is 10.2. The fraction of sp³-hybridized carbons (Fsp3) is 0.286. The Bertz CT molecular complexity index is 573. The molecule has 19 heavy (non-hydrogen) atoms. The van der Waals surface area contributed by atoms with Crippen molar-refractivity contribution in [3.63, 3.8) is 0 Å². The second kappa shape index (κ2) is 5.56. The summed E-state index contributed by atoms with van der Waals surface area (Å²) in [6.07, 6.45) is 2.18. The van der Waals surface area contributed by atoms with Crippen LogP contribution in [-0.2, 0) is 13.0 Å². The molecule has 0 aliphatic carbocycles. The minimum Gasteiger partial charge on any atom is -0.497 e. The van der Waals surface area contributed by atoms with Crippen molar-refractivity contribution in [3.8, 4) is 5.75 Å². The van der Waals surface area contributed by atoms with E-state index in [0.29, 0.717) is 18.7 Å². The molecular formula is C14H16N2O3. The average molecular weight is 260 g/mol. The number of carboxylic acid groups (broad SMARTS) is 1. The van der Waals surface area contributed by atoms with Crippen molar-refractivity contribution in [2.75, 3.05) is 7.11 Å². The number of carbonyl (C=O) groups is 1. The van der Waals surface area contributed by atoms with Crippen molar-refractivity contribution in [1.29, 1.82) is 0 Å². The first-order valence-corrected chi connectivity index (χ1v) is 6.06. The molecule has 0 spiro atoms. The van der Waals surface area contributed by atoms with Crippen LogP contribution in [0.2, 0.25) is 0 Å². The van der Waals surface area contributed by atoms with Gasteiger partial charge in [-0.05, 0) is 24.1 Å². The van der Waals surface area contributed by atoms with Crippen LogP contribution in [0.15, 0.2) is 30.5 Å². The minimum atomic E-state index is -0.933. The summed E-state index contributed by atoms with van der Waals surface area (Å²) in [6.45, 7) is 2.44. The summed E-state index contributed by atoms with van der Waals surface area (Å²) in [7, 11) is 1.62. The zero-order valence-corrected chi connectivity index (χ0v) is 11.0. The number of carboxylic acids is 1. The first-order chi connectivity index (χ1) is 9.13. The summed E-state index contributed by atoms with van der Waals surface area (Å²) in [5.41, 5.74) is 1.93. The first-order valence-electron chi connectivity index (χ1n) is 6.06. The maximum Gasteiger partial charge on any atom is 0.339 e. The van der Waals surface area contributed by atoms with Crippen LogP contribution < -0.4 is 4.74 Å². The Morgan fingerprint density at radius 1 is 1.37 bits per heavy atom. The van der Waals surface area contributed by atoms with Crippen molar-refractivity contribution in [2.24, 2.45) is 0 Å². The number of methoxy groups -OCH3 is 1. The standard InChI is InChI=1S/C14H16N2O3/c1-3-13-12(14(17)18)9-16(15-13)8-10-4-6-11(19-2)7-5-10/h4-7,9H,3,8H2,1-2H3,(H,17,18). The van der Waals surface area contributed by atoms with E-state index in [1.165, 1.54) is 0 Å². The molecule has 1 aromatic heterocycles. The molecule has 1 aromatic carbocycles. The van der Waals surface area contributed by atoms with Gasteiger partial charge in [0.25, 0.3) is 0 Å². The third kappa shape index (κ3) is 2.93. The Morgan fingerprint density at radius 2 is 2.05 bits per heavy atom. The van der Waals surface area contributed by atoms with E-state index >= 15 is 0 Å². The van der Waals surface area contributed by atoms with Crippen molar-refractivity contribution in [2.45, 2.75) is 19.9 Å². The predicted octanol–water partition coefficient (Wildman–Crippen LogP) is 2.20. The van der Waals surface area contributed by atoms with E-state index in [2.05, 4.69) is 5.10 Å². The maximum absolute atomic E-state index is 11.1. The van der Waals surface area contributed by atoms with Crippen LogP contribution in [0.3, 0.4) is 0 Å². The summed E-state index contributed by atoms with van der Waals surface area (Å²) in [6, 6.07) is 7.62. The fourth-order valence-corrected chi connectivity index (χ4v) is 1.90. The quantitative estimate of drug-likeness (QED) is 0.895. The number of ether oxygens (including phenoxy) is 1. The fourth-order valence-electron chi connectivity index (χ4n) is 1.90. The molecule has 100 valence electrons. The topological polar surface area (TPSA) is 64.4 Å². The molecule has 1 heterocycles. The number of hydrogen-bond acceptors (Lipinski definition) is 3. The number of aromatic carboxylic acids is 1. The molecule has 0 radical (unpaired) electrons. The molecule has 0 fully saturated rings. The molecule has 0 saturated heterocycles. The van der Waals surface area contributed by atoms with Crippen LogP contribution >= 0.6 is 0 Å². The lowest BCUT2D eigenvalue weighted by Gasteiger charge is -2.03. The molecule has 5 heteroatoms. The molecule has 2 rings (SSSR count). The summed E-state index contributed by atoms with van der Waals surface area (Å²) in [4.78, 5) is 11.1. The van der Waals surface area contributed by atoms with E-state index < -0.39 is 5.97 Å². The van der Waals surface area contributed by atoms with Gasteiger partial charge in [-0.3, -0.25) is 4.68 Å². The van der Waals surface area contributed by atoms with Gasteiger partial charge in [0, 0.05) is 6.20 Å². The van der Waals surface area contributed by atoms with Gasteiger partial charge < -0.3 is 9.84 Å². The number of rotatable bonds is 5. The van der Waals surface area contributed by atoms with E-state index in [0.717, 1.165) is 11.3 Å². The zero-order chi connectivity index (χ0) is 13.8. The number of hydrogen-bond donors (Lipinski definition) is 1. The minimum absolute atomic E-state index is 0.274. The van der Waals surface area contributed by atoms with Gasteiger partial charge in [0.1, 0.15) is 11.3 Å². The van der Waals surface area contributed by atoms with Gasteiger partial charge in [-0.1, -0.05) is 19.1 Å². The van der Waals surface area contributed by atoms with Crippen LogP contribution in [0, 0.1) is 0 Å². The van der Waals surface area contributed by atoms with Crippen LogP contribution in [0.1, 0.15) is 28.5 Å². The normalized spacial score (nSPS) is 10.4. The van der Waals surface area contributed by atoms with Crippen molar-refractivity contribution >= 4 is 5.97 Å². The Kier molecular flexibility index (Phi) is 3.85. The predicted molar refractivity (Wildman–Crippen MR) is 70.7 cm³/mol. The average Bonchev–Trinajstić information content (AvgIpc) is 2.83. The van der Waals surface area contributed by atoms with Gasteiger partial charge in [-0.2, -0.15) is 5.10 Å². The lowest BCUT2D eigenvalue weighted by molar-refractivity contribution is 0.0695. The van der Waals surface area contributed by atoms with E-state index in [4.69, 9.17) is 9.84 Å². The summed E-state index contributed by atoms with van der Waals surface area (Å²) in [5, 5.41) is 13.4. The van der Waals surface area contributed by atoms with Crippen LogP contribution in [0.4, 0.5) is 0 Å². The Morgan fingerprint density at radius 3 is 2.53 bits per heavy atom. The number of aromatic nitrogens is 2. The molecule has 0 unspecified atom stereocenters. The van der Waals surface area contributed by atoms with Crippen LogP contribution in [-0.4, -0.2) is 28.0 Å². The highest BCUT2D eigenvalue weighted by molar-refractivity contribution is 5.88. The molecular weight excluding hydrogens is 244 g/mol. The van der Waals surface area contributed by atoms with Crippen LogP contribution in [0.5, 0.6) is 5.75 Å². The molecule has 0 atom stereocenters. The largest absolute Gasteiger partial charge is 0.497 e. The van der Waals surface area contributed by atoms with Gasteiger partial charge in [0.05, 0.1) is 19.3 Å². The van der Waals surface area contributed by atoms with Gasteiger partial charge in [0.2, 0.25) is 0 Å². The van der Waals surface area contributed by atoms with Crippen molar-refractivity contribution in [3.05, 3.63) is 47.3 Å². The zero-order valence-electron chi connectivity index (χ0n) is 11.0. The molecule has 2 aromatic rings. The molecule has 0 aliphatic heterocycles. The second-order valence-corrected chi connectivity index (χ2v) is 4.19. The highest BCUT2D eigenvalue weighted by Gasteiger charge is 2.13. The van der Waals surface area contributed by atoms with Gasteiger partial charge in [-0.15, -0.1) is 0 Å². The lowest BCUT2D eigenvalue weighted by Crippen LogP contribution is -2.00. The van der Waals surface area contributed by atoms with E-state index in [-0.39, 0.29) is 5.56 Å². The SMILES string of the molecule is CCc1nn(Cc2ccc(OC)cc2)cc1C(=O)O. The monoisotopic (exact) mass is 260 g/mol. The van der Waals surface area contributed by atoms with E-state index in [1.54, 1.807) is 18.0 Å². The van der Waals surface area contributed by atoms with Gasteiger partial charge in [0.15, 0.2) is 0 Å². The highest BCUT2D eigenvalue weighted by Crippen LogP contribution is 2.14. The molecule has 0 bridgehead atoms. The Hall–Kier alpha value is -2.30. The van der Waals surface area contributed by atoms with E-state index in [9.17, 15) is 4.79 Å². The third-order valence-electron chi connectivity index (χ3n) is 2.91. The molecule has 1 N–H and O–H groups in total. The summed E-state index contributed by atoms with van der Waals surface area (Å²) in [5.74, 6) is -0.137. The number of nitrogens with zero attached hydrogens (tertiary/aromatic N) is 2. The van der Waals surface area contributed by atoms with Crippen molar-refractivity contribution in [1.82, 2.24) is 9.78 Å². The molecule has 5 nitrogen and oxygen atoms in total. The smallest absolute Gasteiger partial charge is 0.339 e. The van der Waals surface area contributed by atoms with Gasteiger partial charge >= 0.3 is 5.97 Å². The number of aryl methyl sites for hydroxylation is 1. The summed E-state index contributed by atoms with van der Waals surface area (Å²) < 4.78 is 6.75. The first kappa shape index (κ1) is 13.1. The maximum atomic E-state index is 11.1. The summed E-state index contributed by atoms with van der Waals surface area (Å²) >= 11 is 0. The van der Waals surface area contributed by atoms with Crippen LogP contribution in [0.25, 0.3) is 0 Å². The van der Waals surface area contributed by atoms with Gasteiger partial charge in [-0.25, -0.2) is 4.79 Å². The molecule has 0 saturated carbocycles. The molecule has 0 amide bonds. The number of benzene rings is 1. The van der Waals surface area contributed by atoms with E-state index in [1.807, 2.05) is 31.2 Å². The highest BCUT2D eigenvalue weighted by atomic mass is 16.5. The van der Waals surface area contributed by atoms with Crippen molar-refractivity contribution < 1.29 is 14.6 Å². The Labute approximate surface area is 111 Å². The second-order valence-electron chi connectivity index (χ2n) is 4.19. The third-order valence-corrected chi connectivity index (χ3v) is 2.91. The molecule has 0 aliphatic rings. The Balaban J connectivity index is 2.20.